The highest BCUT2D eigenvalue weighted by Crippen LogP contribution is 2.37. The highest BCUT2D eigenvalue weighted by atomic mass is 16.7. The molecule has 9 heteroatoms. The molecule has 3 aromatic carbocycles. The summed E-state index contributed by atoms with van der Waals surface area (Å²) in [5.41, 5.74) is 1.11. The number of benzene rings is 3. The molecule has 3 aromatic rings. The van der Waals surface area contributed by atoms with E-state index >= 15 is 0 Å². The molecule has 0 unspecified atom stereocenters. The number of fused-ring (bicyclic) bond motifs is 2. The van der Waals surface area contributed by atoms with E-state index in [2.05, 4.69) is 5.32 Å². The summed E-state index contributed by atoms with van der Waals surface area (Å²) in [5.74, 6) is 0.167. The number of phenolic OH excluding ortho intramolecular Hbond substituents is 1. The molecule has 4 rings (SSSR count). The number of phenols is 1. The Morgan fingerprint density at radius 1 is 1.09 bits per heavy atom. The van der Waals surface area contributed by atoms with Gasteiger partial charge in [-0.15, -0.1) is 0 Å². The van der Waals surface area contributed by atoms with Crippen LogP contribution in [-0.2, 0) is 14.3 Å². The van der Waals surface area contributed by atoms with E-state index in [1.165, 1.54) is 13.2 Å². The Kier molecular flexibility index (Phi) is 7.37. The molecular formula is C26H25NO8. The Balaban J connectivity index is 1.61. The van der Waals surface area contributed by atoms with Gasteiger partial charge in [0.05, 0.1) is 6.10 Å². The summed E-state index contributed by atoms with van der Waals surface area (Å²) in [5, 5.41) is 23.2. The van der Waals surface area contributed by atoms with Crippen LogP contribution < -0.4 is 14.8 Å². The fourth-order valence-corrected chi connectivity index (χ4v) is 3.97. The summed E-state index contributed by atoms with van der Waals surface area (Å²) in [6.45, 7) is 0.116. The van der Waals surface area contributed by atoms with Crippen LogP contribution in [0.25, 0.3) is 10.8 Å². The zero-order valence-electron chi connectivity index (χ0n) is 19.0. The van der Waals surface area contributed by atoms with Crippen LogP contribution in [0.5, 0.6) is 17.2 Å². The number of carboxylic acids is 1. The molecule has 0 saturated carbocycles. The molecule has 3 N–H and O–H groups in total. The number of aromatic hydroxyl groups is 1. The molecule has 1 amide bonds. The predicted molar refractivity (Wildman–Crippen MR) is 128 cm³/mol. The van der Waals surface area contributed by atoms with E-state index in [-0.39, 0.29) is 12.5 Å². The number of hydrogen-bond donors (Lipinski definition) is 3. The van der Waals surface area contributed by atoms with Crippen LogP contribution in [-0.4, -0.2) is 42.3 Å². The number of anilines is 1. The summed E-state index contributed by atoms with van der Waals surface area (Å²) in [7, 11) is 1.50. The van der Waals surface area contributed by atoms with Crippen molar-refractivity contribution in [2.75, 3.05) is 19.2 Å². The first-order valence-electron chi connectivity index (χ1n) is 11.0. The normalized spacial score (nSPS) is 14.1. The molecular weight excluding hydrogens is 454 g/mol. The smallest absolute Gasteiger partial charge is 0.412 e. The van der Waals surface area contributed by atoms with Crippen molar-refractivity contribution in [1.82, 2.24) is 0 Å². The van der Waals surface area contributed by atoms with Gasteiger partial charge in [0.2, 0.25) is 6.79 Å². The van der Waals surface area contributed by atoms with Crippen molar-refractivity contribution in [2.45, 2.75) is 25.0 Å². The number of ether oxygens (including phenoxy) is 4. The van der Waals surface area contributed by atoms with E-state index in [9.17, 15) is 14.7 Å². The maximum Gasteiger partial charge on any atom is 0.412 e. The zero-order valence-corrected chi connectivity index (χ0v) is 19.0. The van der Waals surface area contributed by atoms with Crippen LogP contribution in [0, 0.1) is 0 Å². The molecule has 0 bridgehead atoms. The third kappa shape index (κ3) is 5.64. The lowest BCUT2D eigenvalue weighted by molar-refractivity contribution is -0.131. The summed E-state index contributed by atoms with van der Waals surface area (Å²) in [6.07, 6.45) is 1.20. The van der Waals surface area contributed by atoms with Gasteiger partial charge in [-0.3, -0.25) is 5.32 Å². The van der Waals surface area contributed by atoms with Crippen molar-refractivity contribution in [2.24, 2.45) is 0 Å². The number of amides is 1. The first kappa shape index (κ1) is 23.9. The summed E-state index contributed by atoms with van der Waals surface area (Å²) in [6, 6.07) is 15.5. The topological polar surface area (TPSA) is 124 Å². The number of methoxy groups -OCH3 is 1. The minimum Gasteiger partial charge on any atom is -0.507 e. The van der Waals surface area contributed by atoms with E-state index in [1.54, 1.807) is 42.5 Å². The third-order valence-corrected chi connectivity index (χ3v) is 5.61. The second-order valence-corrected chi connectivity index (χ2v) is 7.83. The molecule has 35 heavy (non-hydrogen) atoms. The van der Waals surface area contributed by atoms with E-state index in [4.69, 9.17) is 24.1 Å². The lowest BCUT2D eigenvalue weighted by Gasteiger charge is -2.27. The average Bonchev–Trinajstić information content (AvgIpc) is 3.31. The molecule has 0 radical (unpaired) electrons. The van der Waals surface area contributed by atoms with E-state index < -0.39 is 24.3 Å². The van der Waals surface area contributed by atoms with Gasteiger partial charge in [-0.05, 0) is 36.4 Å². The second-order valence-electron chi connectivity index (χ2n) is 7.83. The molecule has 1 heterocycles. The van der Waals surface area contributed by atoms with Gasteiger partial charge in [0.15, 0.2) is 17.6 Å². The molecule has 0 spiro atoms. The first-order chi connectivity index (χ1) is 17.0. The van der Waals surface area contributed by atoms with Gasteiger partial charge >= 0.3 is 12.1 Å². The SMILES string of the molecule is CO[C@@H](CC/C=C/C(=O)O)[C@@H](OC(=O)Nc1ccc2c(c1)OCO2)c1ccc(O)c2ccccc12. The molecule has 9 nitrogen and oxygen atoms in total. The molecule has 0 aromatic heterocycles. The molecule has 1 aliphatic rings. The van der Waals surface area contributed by atoms with Gasteiger partial charge < -0.3 is 29.2 Å². The number of allylic oxidation sites excluding steroid dienone is 1. The largest absolute Gasteiger partial charge is 0.507 e. The maximum atomic E-state index is 12.9. The minimum atomic E-state index is -1.04. The number of carbonyl (C=O) groups excluding carboxylic acids is 1. The van der Waals surface area contributed by atoms with E-state index in [1.807, 2.05) is 12.1 Å². The van der Waals surface area contributed by atoms with Crippen LogP contribution in [0.2, 0.25) is 0 Å². The number of rotatable bonds is 9. The second kappa shape index (κ2) is 10.8. The molecule has 2 atom stereocenters. The van der Waals surface area contributed by atoms with Gasteiger partial charge in [0.1, 0.15) is 5.75 Å². The van der Waals surface area contributed by atoms with Gasteiger partial charge in [-0.2, -0.15) is 0 Å². The highest BCUT2D eigenvalue weighted by Gasteiger charge is 2.29. The number of carbonyl (C=O) groups is 2. The Morgan fingerprint density at radius 2 is 1.86 bits per heavy atom. The van der Waals surface area contributed by atoms with Crippen molar-refractivity contribution >= 4 is 28.5 Å². The number of carboxylic acid groups (broad SMARTS) is 1. The Bertz CT molecular complexity index is 1260. The molecule has 0 aliphatic carbocycles. The summed E-state index contributed by atoms with van der Waals surface area (Å²) >= 11 is 0. The minimum absolute atomic E-state index is 0.103. The highest BCUT2D eigenvalue weighted by molar-refractivity contribution is 5.92. The fraction of sp³-hybridized carbons (Fsp3) is 0.231. The van der Waals surface area contributed by atoms with Gasteiger partial charge in [0, 0.05) is 35.9 Å². The van der Waals surface area contributed by atoms with Crippen molar-refractivity contribution in [3.05, 3.63) is 72.3 Å². The Hall–Kier alpha value is -4.24. The van der Waals surface area contributed by atoms with Gasteiger partial charge in [0.25, 0.3) is 0 Å². The van der Waals surface area contributed by atoms with Crippen molar-refractivity contribution in [3.8, 4) is 17.2 Å². The standard InChI is InChI=1S/C26H25NO8/c1-32-22(8-4-5-9-24(29)30)25(19-11-12-20(28)18-7-3-2-6-17(18)19)35-26(31)27-16-10-13-21-23(14-16)34-15-33-21/h2-3,5-7,9-14,22,25,28H,4,8,15H2,1H3,(H,27,31)(H,29,30)/b9-5+/t22-,25-/m0/s1. The number of aliphatic carboxylic acids is 1. The van der Waals surface area contributed by atoms with Gasteiger partial charge in [-0.25, -0.2) is 9.59 Å². The Morgan fingerprint density at radius 3 is 2.63 bits per heavy atom. The van der Waals surface area contributed by atoms with Crippen LogP contribution >= 0.6 is 0 Å². The zero-order chi connectivity index (χ0) is 24.8. The quantitative estimate of drug-likeness (QED) is 0.366. The van der Waals surface area contributed by atoms with Crippen LogP contribution in [0.1, 0.15) is 24.5 Å². The third-order valence-electron chi connectivity index (χ3n) is 5.61. The molecule has 182 valence electrons. The summed E-state index contributed by atoms with van der Waals surface area (Å²) < 4.78 is 22.2. The van der Waals surface area contributed by atoms with Crippen molar-refractivity contribution in [1.29, 1.82) is 0 Å². The average molecular weight is 479 g/mol. The molecule has 0 saturated heterocycles. The monoisotopic (exact) mass is 479 g/mol. The van der Waals surface area contributed by atoms with Crippen LogP contribution in [0.4, 0.5) is 10.5 Å². The predicted octanol–water partition coefficient (Wildman–Crippen LogP) is 5.00. The fourth-order valence-electron chi connectivity index (χ4n) is 3.97. The van der Waals surface area contributed by atoms with Crippen molar-refractivity contribution in [3.63, 3.8) is 0 Å². The molecule has 1 aliphatic heterocycles. The summed E-state index contributed by atoms with van der Waals surface area (Å²) in [4.78, 5) is 23.7. The van der Waals surface area contributed by atoms with Crippen LogP contribution in [0.15, 0.2) is 66.7 Å². The maximum absolute atomic E-state index is 12.9. The first-order valence-corrected chi connectivity index (χ1v) is 11.0. The van der Waals surface area contributed by atoms with Crippen molar-refractivity contribution < 1.29 is 38.7 Å². The van der Waals surface area contributed by atoms with E-state index in [0.29, 0.717) is 46.4 Å². The van der Waals surface area contributed by atoms with Gasteiger partial charge in [-0.1, -0.05) is 36.4 Å². The molecule has 0 fully saturated rings. The number of hydrogen-bond acceptors (Lipinski definition) is 7. The lowest BCUT2D eigenvalue weighted by atomic mass is 9.94. The Labute approximate surface area is 201 Å². The van der Waals surface area contributed by atoms with E-state index in [0.717, 1.165) is 6.08 Å². The number of nitrogens with one attached hydrogen (secondary N) is 1. The van der Waals surface area contributed by atoms with Crippen LogP contribution in [0.3, 0.4) is 0 Å². The lowest BCUT2D eigenvalue weighted by Crippen LogP contribution is -2.28.